The number of rotatable bonds is 8. The summed E-state index contributed by atoms with van der Waals surface area (Å²) in [6.45, 7) is 0. The highest BCUT2D eigenvalue weighted by molar-refractivity contribution is 6.18. The van der Waals surface area contributed by atoms with Gasteiger partial charge in [-0.3, -0.25) is 27.4 Å². The van der Waals surface area contributed by atoms with Crippen molar-refractivity contribution in [2.24, 2.45) is 0 Å². The third-order valence-corrected chi connectivity index (χ3v) is 19.3. The zero-order valence-electron chi connectivity index (χ0n) is 51.0. The van der Waals surface area contributed by atoms with E-state index in [1.54, 1.807) is 0 Å². The lowest BCUT2D eigenvalue weighted by Gasteiger charge is -2.30. The summed E-state index contributed by atoms with van der Waals surface area (Å²) in [4.78, 5) is 45.5. The topological polar surface area (TPSA) is 133 Å². The van der Waals surface area contributed by atoms with Crippen molar-refractivity contribution < 1.29 is 0 Å². The van der Waals surface area contributed by atoms with Crippen LogP contribution in [0.15, 0.2) is 292 Å². The van der Waals surface area contributed by atoms with E-state index < -0.39 is 0 Å². The van der Waals surface area contributed by atoms with Crippen LogP contribution in [0.4, 0.5) is 0 Å². The minimum Gasteiger partial charge on any atom is -0.291 e. The molecule has 21 aromatic rings. The summed E-state index contributed by atoms with van der Waals surface area (Å²) >= 11 is 0. The van der Waals surface area contributed by atoms with Gasteiger partial charge in [-0.1, -0.05) is 158 Å². The van der Waals surface area contributed by atoms with Crippen LogP contribution in [0.2, 0.25) is 0 Å². The normalized spacial score (nSPS) is 12.2. The van der Waals surface area contributed by atoms with Crippen molar-refractivity contribution >= 4 is 131 Å². The monoisotopic (exact) mass is 1230 g/mol. The zero-order chi connectivity index (χ0) is 62.7. The SMILES string of the molecule is c1ccc(-c2nc(-c3c(-n4c5ccccc5c5cccnc54)c(-n4c5ccccc5c5cccnc54)c(-n4c5ccccc5c5cccnc54)c(-n4c5ccccc5c5cccnc54)c3-n3c4ccccc4c4cccnc43)nc(-n3c4ccccc4c4ccccc43)n2)cc1. The molecular weight excluding hydrogens is 1180 g/mol. The molecule has 21 rings (SSSR count). The van der Waals surface area contributed by atoms with E-state index in [1.807, 2.05) is 79.5 Å². The highest BCUT2D eigenvalue weighted by atomic mass is 15.2. The molecule has 96 heavy (non-hydrogen) atoms. The Balaban J connectivity index is 1.14. The summed E-state index contributed by atoms with van der Waals surface area (Å²) in [5.74, 6) is 1.25. The van der Waals surface area contributed by atoms with Crippen LogP contribution in [0.5, 0.6) is 0 Å². The molecule has 446 valence electrons. The van der Waals surface area contributed by atoms with Crippen LogP contribution < -0.4 is 0 Å². The van der Waals surface area contributed by atoms with Gasteiger partial charge in [-0.2, -0.15) is 9.97 Å². The predicted molar refractivity (Wildman–Crippen MR) is 386 cm³/mol. The van der Waals surface area contributed by atoms with Crippen molar-refractivity contribution in [3.63, 3.8) is 0 Å². The third kappa shape index (κ3) is 7.17. The van der Waals surface area contributed by atoms with Gasteiger partial charge in [-0.15, -0.1) is 0 Å². The molecule has 0 saturated heterocycles. The Kier molecular flexibility index (Phi) is 10.9. The van der Waals surface area contributed by atoms with Crippen LogP contribution in [-0.4, -0.2) is 67.3 Å². The quantitative estimate of drug-likeness (QED) is 0.147. The highest BCUT2D eigenvalue weighted by Crippen LogP contribution is 2.54. The Morgan fingerprint density at radius 3 is 0.750 bits per heavy atom. The third-order valence-electron chi connectivity index (χ3n) is 19.3. The van der Waals surface area contributed by atoms with Gasteiger partial charge >= 0.3 is 0 Å². The maximum absolute atomic E-state index is 6.12. The molecule has 0 aliphatic rings. The second kappa shape index (κ2) is 20.0. The maximum Gasteiger partial charge on any atom is 0.238 e. The molecule has 0 aliphatic heterocycles. The van der Waals surface area contributed by atoms with Gasteiger partial charge in [0, 0.05) is 101 Å². The fourth-order valence-corrected chi connectivity index (χ4v) is 15.5. The van der Waals surface area contributed by atoms with Crippen molar-refractivity contribution in [2.45, 2.75) is 0 Å². The molecule has 9 aromatic carbocycles. The lowest BCUT2D eigenvalue weighted by atomic mass is 10.00. The summed E-state index contributed by atoms with van der Waals surface area (Å²) in [6.07, 6.45) is 9.48. The molecule has 14 heteroatoms. The number of benzene rings is 9. The molecular formula is C82H48N14. The van der Waals surface area contributed by atoms with E-state index in [4.69, 9.17) is 39.9 Å². The first-order valence-electron chi connectivity index (χ1n) is 32.0. The number of nitrogens with zero attached hydrogens (tertiary/aromatic N) is 14. The van der Waals surface area contributed by atoms with Crippen molar-refractivity contribution in [2.75, 3.05) is 0 Å². The standard InChI is InChI=1S/C82H48N14/c1-2-23-49(24-3-1)75-88-76(90-82(89-75)91-62-37-11-4-25-50(62)51-26-5-12-38-63(51)91)69-70(92-64-39-13-6-27-52(64)57-32-18-44-83-77(57)92)72(94-66-41-15-8-29-54(66)59-34-20-46-85-79(59)94)74(96-68-43-17-10-31-56(68)61-36-22-48-87-81(61)96)73(95-67-42-16-9-30-55(67)60-35-21-47-86-80(60)95)71(69)93-65-40-14-7-28-53(65)58-33-19-45-84-78(58)93/h1-48H. The fraction of sp³-hybridized carbons (Fsp3) is 0. The van der Waals surface area contributed by atoms with Crippen LogP contribution >= 0.6 is 0 Å². The zero-order valence-corrected chi connectivity index (χ0v) is 51.0. The largest absolute Gasteiger partial charge is 0.291 e. The lowest BCUT2D eigenvalue weighted by Crippen LogP contribution is -2.20. The number of hydrogen-bond acceptors (Lipinski definition) is 8. The van der Waals surface area contributed by atoms with E-state index in [-0.39, 0.29) is 0 Å². The Morgan fingerprint density at radius 2 is 0.427 bits per heavy atom. The molecule has 0 saturated carbocycles. The molecule has 0 radical (unpaired) electrons. The molecule has 0 aliphatic carbocycles. The van der Waals surface area contributed by atoms with Crippen LogP contribution in [0.3, 0.4) is 0 Å². The molecule has 12 heterocycles. The van der Waals surface area contributed by atoms with E-state index in [1.165, 1.54) is 0 Å². The smallest absolute Gasteiger partial charge is 0.238 e. The van der Waals surface area contributed by atoms with Gasteiger partial charge in [0.15, 0.2) is 11.6 Å². The second-order valence-electron chi connectivity index (χ2n) is 24.3. The average Bonchev–Trinajstić information content (AvgIpc) is 1.42. The molecule has 12 aromatic heterocycles. The number of aromatic nitrogens is 14. The first kappa shape index (κ1) is 52.2. The molecule has 0 fully saturated rings. The van der Waals surface area contributed by atoms with Gasteiger partial charge in [0.25, 0.3) is 0 Å². The molecule has 0 unspecified atom stereocenters. The van der Waals surface area contributed by atoms with Crippen LogP contribution in [0.25, 0.3) is 189 Å². The molecule has 0 amide bonds. The number of para-hydroxylation sites is 7. The summed E-state index contributed by atoms with van der Waals surface area (Å²) in [6, 6.07) is 91.5. The van der Waals surface area contributed by atoms with E-state index in [9.17, 15) is 0 Å². The first-order chi connectivity index (χ1) is 47.7. The minimum atomic E-state index is 0.367. The van der Waals surface area contributed by atoms with E-state index >= 15 is 0 Å². The number of pyridine rings is 5. The Labute approximate surface area is 544 Å². The van der Waals surface area contributed by atoms with Gasteiger partial charge in [-0.25, -0.2) is 29.9 Å². The van der Waals surface area contributed by atoms with E-state index in [0.29, 0.717) is 45.8 Å². The Bertz CT molecular complexity index is 6290. The number of fused-ring (bicyclic) bond motifs is 18. The van der Waals surface area contributed by atoms with E-state index in [0.717, 1.165) is 143 Å². The van der Waals surface area contributed by atoms with Gasteiger partial charge in [0.1, 0.15) is 33.9 Å². The van der Waals surface area contributed by atoms with Crippen LogP contribution in [0, 0.1) is 0 Å². The molecule has 14 nitrogen and oxygen atoms in total. The van der Waals surface area contributed by atoms with Gasteiger partial charge in [0.2, 0.25) is 5.95 Å². The average molecular weight is 1230 g/mol. The summed E-state index contributed by atoms with van der Waals surface area (Å²) in [7, 11) is 0. The minimum absolute atomic E-state index is 0.367. The maximum atomic E-state index is 6.12. The summed E-state index contributed by atoms with van der Waals surface area (Å²) in [5.41, 5.74) is 15.0. The fourth-order valence-electron chi connectivity index (χ4n) is 15.5. The van der Waals surface area contributed by atoms with Gasteiger partial charge < -0.3 is 0 Å². The predicted octanol–water partition coefficient (Wildman–Crippen LogP) is 18.8. The van der Waals surface area contributed by atoms with E-state index in [2.05, 4.69) is 240 Å². The van der Waals surface area contributed by atoms with Gasteiger partial charge in [-0.05, 0) is 103 Å². The summed E-state index contributed by atoms with van der Waals surface area (Å²) in [5, 5.41) is 12.0. The van der Waals surface area contributed by atoms with Crippen LogP contribution in [0.1, 0.15) is 0 Å². The number of hydrogen-bond donors (Lipinski definition) is 0. The lowest BCUT2D eigenvalue weighted by molar-refractivity contribution is 0.939. The van der Waals surface area contributed by atoms with Gasteiger partial charge in [0.05, 0.1) is 66.9 Å². The van der Waals surface area contributed by atoms with Crippen molar-refractivity contribution in [1.82, 2.24) is 67.3 Å². The molecule has 0 atom stereocenters. The first-order valence-corrected chi connectivity index (χ1v) is 32.0. The van der Waals surface area contributed by atoms with Crippen LogP contribution in [-0.2, 0) is 0 Å². The van der Waals surface area contributed by atoms with Crippen molar-refractivity contribution in [3.8, 4) is 57.2 Å². The molecule has 0 bridgehead atoms. The molecule has 0 spiro atoms. The Hall–Kier alpha value is -13.5. The highest BCUT2D eigenvalue weighted by Gasteiger charge is 2.39. The Morgan fingerprint density at radius 1 is 0.188 bits per heavy atom. The summed E-state index contributed by atoms with van der Waals surface area (Å²) < 4.78 is 14.0. The second-order valence-corrected chi connectivity index (χ2v) is 24.3. The van der Waals surface area contributed by atoms with Crippen molar-refractivity contribution in [3.05, 3.63) is 292 Å². The van der Waals surface area contributed by atoms with Crippen molar-refractivity contribution in [1.29, 1.82) is 0 Å². The molecule has 0 N–H and O–H groups in total.